The van der Waals surface area contributed by atoms with Crippen LogP contribution in [0.3, 0.4) is 0 Å². The Hall–Kier alpha value is -1.56. The van der Waals surface area contributed by atoms with Gasteiger partial charge in [-0.05, 0) is 45.8 Å². The van der Waals surface area contributed by atoms with Crippen molar-refractivity contribution in [1.82, 2.24) is 19.6 Å². The predicted molar refractivity (Wildman–Crippen MR) is 79.5 cm³/mol. The molecule has 1 aliphatic heterocycles. The van der Waals surface area contributed by atoms with Crippen molar-refractivity contribution in [3.05, 3.63) is 11.4 Å². The van der Waals surface area contributed by atoms with E-state index in [0.29, 0.717) is 23.0 Å². The molecular weight excluding hydrogens is 254 g/mol. The highest BCUT2D eigenvalue weighted by Gasteiger charge is 2.24. The summed E-state index contributed by atoms with van der Waals surface area (Å²) >= 11 is 0. The van der Waals surface area contributed by atoms with E-state index in [4.69, 9.17) is 5.73 Å². The van der Waals surface area contributed by atoms with Crippen LogP contribution < -0.4 is 5.73 Å². The van der Waals surface area contributed by atoms with Crippen LogP contribution in [0.15, 0.2) is 0 Å². The summed E-state index contributed by atoms with van der Waals surface area (Å²) in [5.41, 5.74) is 7.66. The third-order valence-electron chi connectivity index (χ3n) is 4.19. The van der Waals surface area contributed by atoms with Crippen molar-refractivity contribution < 1.29 is 4.79 Å². The van der Waals surface area contributed by atoms with Crippen molar-refractivity contribution in [2.24, 2.45) is 13.0 Å². The second-order valence-electron chi connectivity index (χ2n) is 5.90. The van der Waals surface area contributed by atoms with Gasteiger partial charge in [0, 0.05) is 20.6 Å². The monoisotopic (exact) mass is 279 g/mol. The highest BCUT2D eigenvalue weighted by Crippen LogP contribution is 2.20. The van der Waals surface area contributed by atoms with Gasteiger partial charge >= 0.3 is 0 Å². The van der Waals surface area contributed by atoms with Gasteiger partial charge in [-0.25, -0.2) is 0 Å². The number of amides is 1. The fraction of sp³-hybridized carbons (Fsp3) is 0.714. The van der Waals surface area contributed by atoms with Crippen LogP contribution >= 0.6 is 0 Å². The van der Waals surface area contributed by atoms with Crippen molar-refractivity contribution in [1.29, 1.82) is 0 Å². The summed E-state index contributed by atoms with van der Waals surface area (Å²) in [6.45, 7) is 4.83. The Labute approximate surface area is 120 Å². The van der Waals surface area contributed by atoms with E-state index in [0.717, 1.165) is 32.5 Å². The van der Waals surface area contributed by atoms with Crippen LogP contribution in [0.25, 0.3) is 0 Å². The first-order chi connectivity index (χ1) is 9.40. The molecule has 112 valence electrons. The SMILES string of the molecule is Cc1nn(C)c(C(=O)N(C)CC2CCN(C)CC2)c1N. The Kier molecular flexibility index (Phi) is 4.32. The molecule has 0 saturated carbocycles. The number of carbonyl (C=O) groups excluding carboxylic acids is 1. The first kappa shape index (κ1) is 14.8. The van der Waals surface area contributed by atoms with E-state index in [1.165, 1.54) is 0 Å². The highest BCUT2D eigenvalue weighted by atomic mass is 16.2. The van der Waals surface area contributed by atoms with Crippen molar-refractivity contribution in [3.63, 3.8) is 0 Å². The lowest BCUT2D eigenvalue weighted by molar-refractivity contribution is 0.0737. The largest absolute Gasteiger partial charge is 0.395 e. The van der Waals surface area contributed by atoms with Crippen LogP contribution in [-0.2, 0) is 7.05 Å². The summed E-state index contributed by atoms with van der Waals surface area (Å²) in [7, 11) is 5.76. The van der Waals surface area contributed by atoms with Gasteiger partial charge in [0.2, 0.25) is 0 Å². The Morgan fingerprint density at radius 3 is 2.50 bits per heavy atom. The van der Waals surface area contributed by atoms with Gasteiger partial charge in [-0.1, -0.05) is 0 Å². The summed E-state index contributed by atoms with van der Waals surface area (Å²) in [5.74, 6) is 0.542. The maximum absolute atomic E-state index is 12.5. The third-order valence-corrected chi connectivity index (χ3v) is 4.19. The summed E-state index contributed by atoms with van der Waals surface area (Å²) in [4.78, 5) is 16.6. The Morgan fingerprint density at radius 2 is 2.00 bits per heavy atom. The number of likely N-dealkylation sites (tertiary alicyclic amines) is 1. The van der Waals surface area contributed by atoms with Gasteiger partial charge in [0.15, 0.2) is 0 Å². The van der Waals surface area contributed by atoms with Gasteiger partial charge < -0.3 is 15.5 Å². The van der Waals surface area contributed by atoms with Crippen molar-refractivity contribution in [2.75, 3.05) is 39.5 Å². The topological polar surface area (TPSA) is 67.4 Å². The molecule has 6 nitrogen and oxygen atoms in total. The zero-order valence-electron chi connectivity index (χ0n) is 12.9. The fourth-order valence-corrected chi connectivity index (χ4v) is 2.82. The van der Waals surface area contributed by atoms with Gasteiger partial charge in [0.25, 0.3) is 5.91 Å². The first-order valence-corrected chi connectivity index (χ1v) is 7.13. The number of rotatable bonds is 3. The quantitative estimate of drug-likeness (QED) is 0.885. The van der Waals surface area contributed by atoms with Crippen LogP contribution in [0.2, 0.25) is 0 Å². The Bertz CT molecular complexity index is 488. The molecule has 0 bridgehead atoms. The van der Waals surface area contributed by atoms with Gasteiger partial charge in [-0.3, -0.25) is 9.48 Å². The molecule has 1 aromatic rings. The Morgan fingerprint density at radius 1 is 1.40 bits per heavy atom. The van der Waals surface area contributed by atoms with Gasteiger partial charge in [0.05, 0.1) is 11.4 Å². The van der Waals surface area contributed by atoms with Gasteiger partial charge in [-0.2, -0.15) is 5.10 Å². The molecule has 0 unspecified atom stereocenters. The van der Waals surface area contributed by atoms with Gasteiger partial charge in [-0.15, -0.1) is 0 Å². The van der Waals surface area contributed by atoms with Crippen LogP contribution in [0.5, 0.6) is 0 Å². The fourth-order valence-electron chi connectivity index (χ4n) is 2.82. The lowest BCUT2D eigenvalue weighted by Crippen LogP contribution is -2.38. The summed E-state index contributed by atoms with van der Waals surface area (Å²) in [6, 6.07) is 0. The molecule has 1 aliphatic rings. The minimum absolute atomic E-state index is 0.0375. The zero-order chi connectivity index (χ0) is 14.9. The number of nitrogens with two attached hydrogens (primary N) is 1. The number of nitrogen functional groups attached to an aromatic ring is 1. The number of hydrogen-bond acceptors (Lipinski definition) is 4. The van der Waals surface area contributed by atoms with E-state index in [-0.39, 0.29) is 5.91 Å². The maximum Gasteiger partial charge on any atom is 0.274 e. The smallest absolute Gasteiger partial charge is 0.274 e. The average molecular weight is 279 g/mol. The molecule has 0 spiro atoms. The van der Waals surface area contributed by atoms with E-state index in [2.05, 4.69) is 17.0 Å². The molecule has 2 rings (SSSR count). The van der Waals surface area contributed by atoms with E-state index in [1.54, 1.807) is 16.6 Å². The summed E-state index contributed by atoms with van der Waals surface area (Å²) in [6.07, 6.45) is 2.29. The van der Waals surface area contributed by atoms with E-state index < -0.39 is 0 Å². The second kappa shape index (κ2) is 5.83. The van der Waals surface area contributed by atoms with E-state index in [1.807, 2.05) is 14.0 Å². The maximum atomic E-state index is 12.5. The predicted octanol–water partition coefficient (Wildman–Crippen LogP) is 0.725. The van der Waals surface area contributed by atoms with Crippen LogP contribution in [0.4, 0.5) is 5.69 Å². The second-order valence-corrected chi connectivity index (χ2v) is 5.90. The number of carbonyl (C=O) groups is 1. The number of nitrogens with zero attached hydrogens (tertiary/aromatic N) is 4. The average Bonchev–Trinajstić information content (AvgIpc) is 2.65. The first-order valence-electron chi connectivity index (χ1n) is 7.13. The lowest BCUT2D eigenvalue weighted by Gasteiger charge is -2.31. The molecule has 6 heteroatoms. The molecule has 2 heterocycles. The number of aryl methyl sites for hydroxylation is 2. The molecular formula is C14H25N5O. The summed E-state index contributed by atoms with van der Waals surface area (Å²) < 4.78 is 1.58. The van der Waals surface area contributed by atoms with E-state index >= 15 is 0 Å². The molecule has 0 radical (unpaired) electrons. The molecule has 1 amide bonds. The minimum atomic E-state index is -0.0375. The number of aromatic nitrogens is 2. The molecule has 0 aliphatic carbocycles. The highest BCUT2D eigenvalue weighted by molar-refractivity contribution is 5.97. The molecule has 0 atom stereocenters. The summed E-state index contributed by atoms with van der Waals surface area (Å²) in [5, 5.41) is 4.21. The minimum Gasteiger partial charge on any atom is -0.395 e. The molecule has 1 saturated heterocycles. The molecule has 0 aromatic carbocycles. The third kappa shape index (κ3) is 2.95. The molecule has 2 N–H and O–H groups in total. The molecule has 1 fully saturated rings. The normalized spacial score (nSPS) is 17.4. The molecule has 20 heavy (non-hydrogen) atoms. The zero-order valence-corrected chi connectivity index (χ0v) is 12.9. The Balaban J connectivity index is 2.02. The number of hydrogen-bond donors (Lipinski definition) is 1. The van der Waals surface area contributed by atoms with Crippen molar-refractivity contribution in [2.45, 2.75) is 19.8 Å². The van der Waals surface area contributed by atoms with Crippen LogP contribution in [-0.4, -0.2) is 59.2 Å². The van der Waals surface area contributed by atoms with Crippen LogP contribution in [0.1, 0.15) is 29.0 Å². The number of anilines is 1. The van der Waals surface area contributed by atoms with Gasteiger partial charge in [0.1, 0.15) is 5.69 Å². The molecule has 1 aromatic heterocycles. The van der Waals surface area contributed by atoms with E-state index in [9.17, 15) is 4.79 Å². The number of piperidine rings is 1. The lowest BCUT2D eigenvalue weighted by atomic mass is 9.96. The van der Waals surface area contributed by atoms with Crippen LogP contribution in [0, 0.1) is 12.8 Å². The van der Waals surface area contributed by atoms with Crippen molar-refractivity contribution >= 4 is 11.6 Å². The standard InChI is InChI=1S/C14H25N5O/c1-10-12(15)13(19(4)16-10)14(20)18(3)9-11-5-7-17(2)8-6-11/h11H,5-9,15H2,1-4H3. The van der Waals surface area contributed by atoms with Crippen molar-refractivity contribution in [3.8, 4) is 0 Å².